The summed E-state index contributed by atoms with van der Waals surface area (Å²) in [5, 5.41) is 18.2. The van der Waals surface area contributed by atoms with Crippen molar-refractivity contribution in [1.29, 1.82) is 5.26 Å². The molecule has 0 saturated heterocycles. The molecule has 9 nitrogen and oxygen atoms in total. The van der Waals surface area contributed by atoms with Crippen LogP contribution in [-0.4, -0.2) is 44.3 Å². The Hall–Kier alpha value is -5.35. The molecular weight excluding hydrogens is 570 g/mol. The summed E-state index contributed by atoms with van der Waals surface area (Å²) in [7, 11) is 1.49. The second kappa shape index (κ2) is 12.3. The van der Waals surface area contributed by atoms with Crippen molar-refractivity contribution in [3.63, 3.8) is 0 Å². The molecule has 1 N–H and O–H groups in total. The lowest BCUT2D eigenvalue weighted by molar-refractivity contribution is 0.0697. The van der Waals surface area contributed by atoms with Crippen molar-refractivity contribution < 1.29 is 36.9 Å². The van der Waals surface area contributed by atoms with Gasteiger partial charge in [0.1, 0.15) is 29.9 Å². The maximum Gasteiger partial charge on any atom is 0.335 e. The summed E-state index contributed by atoms with van der Waals surface area (Å²) in [4.78, 5) is 23.6. The van der Waals surface area contributed by atoms with E-state index >= 15 is 8.78 Å². The third-order valence-electron chi connectivity index (χ3n) is 6.58. The fraction of sp³-hybridized carbons (Fsp3) is 0.167. The van der Waals surface area contributed by atoms with E-state index in [1.54, 1.807) is 10.6 Å². The van der Waals surface area contributed by atoms with Gasteiger partial charge >= 0.3 is 5.97 Å². The van der Waals surface area contributed by atoms with E-state index in [1.807, 2.05) is 0 Å². The topological polar surface area (TPSA) is 123 Å². The molecule has 5 rings (SSSR count). The van der Waals surface area contributed by atoms with Crippen LogP contribution in [0.15, 0.2) is 54.7 Å². The molecular formula is C30H21F4N5O4. The minimum absolute atomic E-state index is 0.0239. The van der Waals surface area contributed by atoms with Crippen molar-refractivity contribution in [2.24, 2.45) is 0 Å². The van der Waals surface area contributed by atoms with E-state index < -0.39 is 41.7 Å². The Morgan fingerprint density at radius 1 is 0.977 bits per heavy atom. The average Bonchev–Trinajstić information content (AvgIpc) is 3.33. The fourth-order valence-electron chi connectivity index (χ4n) is 4.40. The maximum atomic E-state index is 15.3. The molecule has 0 amide bonds. The van der Waals surface area contributed by atoms with Gasteiger partial charge < -0.3 is 19.1 Å². The Balaban J connectivity index is 1.43. The molecule has 0 fully saturated rings. The normalized spacial score (nSPS) is 11.1. The Kier molecular flexibility index (Phi) is 8.31. The molecule has 2 heterocycles. The van der Waals surface area contributed by atoms with Crippen LogP contribution in [-0.2, 0) is 24.3 Å². The monoisotopic (exact) mass is 591 g/mol. The molecule has 0 aliphatic carbocycles. The summed E-state index contributed by atoms with van der Waals surface area (Å²) in [5.74, 6) is -5.21. The summed E-state index contributed by atoms with van der Waals surface area (Å²) >= 11 is 0. The molecule has 0 unspecified atom stereocenters. The van der Waals surface area contributed by atoms with Gasteiger partial charge in [-0.3, -0.25) is 0 Å². The molecule has 0 spiro atoms. The number of ether oxygens (including phenoxy) is 2. The van der Waals surface area contributed by atoms with Gasteiger partial charge in [-0.1, -0.05) is 6.07 Å². The van der Waals surface area contributed by atoms with Crippen molar-refractivity contribution in [3.05, 3.63) is 106 Å². The highest BCUT2D eigenvalue weighted by Gasteiger charge is 2.20. The van der Waals surface area contributed by atoms with Crippen molar-refractivity contribution >= 4 is 17.0 Å². The molecule has 2 aromatic heterocycles. The number of fused-ring (bicyclic) bond motifs is 1. The van der Waals surface area contributed by atoms with Crippen LogP contribution < -0.4 is 4.74 Å². The van der Waals surface area contributed by atoms with Crippen LogP contribution in [0.1, 0.15) is 32.9 Å². The number of imidazole rings is 1. The number of carboxylic acid groups (broad SMARTS) is 1. The van der Waals surface area contributed by atoms with E-state index in [0.717, 1.165) is 24.4 Å². The van der Waals surface area contributed by atoms with Gasteiger partial charge in [-0.25, -0.2) is 27.9 Å². The molecule has 218 valence electrons. The van der Waals surface area contributed by atoms with E-state index in [0.29, 0.717) is 16.9 Å². The van der Waals surface area contributed by atoms with Crippen molar-refractivity contribution in [1.82, 2.24) is 19.5 Å². The zero-order valence-electron chi connectivity index (χ0n) is 22.4. The molecule has 0 aliphatic heterocycles. The molecule has 0 aliphatic rings. The lowest BCUT2D eigenvalue weighted by Crippen LogP contribution is -2.10. The van der Waals surface area contributed by atoms with Crippen LogP contribution in [0.2, 0.25) is 0 Å². The molecule has 0 saturated carbocycles. The SMILES string of the molecule is COCCn1c(Cc2cc(F)c(-c3ncc(F)c(OCc4ccc(C#N)cc4F)n3)cc2F)nc2ccc(C(=O)O)cc21. The van der Waals surface area contributed by atoms with E-state index in [-0.39, 0.29) is 53.2 Å². The lowest BCUT2D eigenvalue weighted by Gasteiger charge is -2.12. The Labute approximate surface area is 241 Å². The highest BCUT2D eigenvalue weighted by molar-refractivity contribution is 5.92. The van der Waals surface area contributed by atoms with Gasteiger partial charge in [0.2, 0.25) is 5.82 Å². The molecule has 13 heteroatoms. The summed E-state index contributed by atoms with van der Waals surface area (Å²) in [6.07, 6.45) is 0.584. The van der Waals surface area contributed by atoms with Crippen molar-refractivity contribution in [3.8, 4) is 23.3 Å². The average molecular weight is 592 g/mol. The summed E-state index contributed by atoms with van der Waals surface area (Å²) in [5.41, 5.74) is 0.717. The van der Waals surface area contributed by atoms with Gasteiger partial charge in [0.25, 0.3) is 5.88 Å². The number of nitriles is 1. The van der Waals surface area contributed by atoms with Crippen LogP contribution in [0.3, 0.4) is 0 Å². The molecule has 0 atom stereocenters. The first-order valence-electron chi connectivity index (χ1n) is 12.7. The Morgan fingerprint density at radius 3 is 2.49 bits per heavy atom. The maximum absolute atomic E-state index is 15.3. The standard InChI is InChI=1S/C30H21F4N5O4/c1-42-7-6-39-26-10-17(30(40)41)4-5-25(26)37-27(39)11-19-9-23(33)20(12-22(19)32)28-36-14-24(34)29(38-28)43-15-18-3-2-16(13-35)8-21(18)31/h2-5,8-10,12,14H,6-7,11,15H2,1H3,(H,40,41). The van der Waals surface area contributed by atoms with Gasteiger partial charge in [0, 0.05) is 25.6 Å². The number of hydrogen-bond acceptors (Lipinski definition) is 7. The third kappa shape index (κ3) is 6.14. The highest BCUT2D eigenvalue weighted by Crippen LogP contribution is 2.28. The van der Waals surface area contributed by atoms with Gasteiger partial charge in [-0.15, -0.1) is 0 Å². The van der Waals surface area contributed by atoms with Gasteiger partial charge in [-0.2, -0.15) is 14.6 Å². The lowest BCUT2D eigenvalue weighted by atomic mass is 10.1. The van der Waals surface area contributed by atoms with Gasteiger partial charge in [-0.05, 0) is 48.0 Å². The number of hydrogen-bond donors (Lipinski definition) is 1. The van der Waals surface area contributed by atoms with E-state index in [1.165, 1.54) is 37.4 Å². The first-order valence-corrected chi connectivity index (χ1v) is 12.7. The first-order chi connectivity index (χ1) is 20.7. The van der Waals surface area contributed by atoms with E-state index in [4.69, 9.17) is 14.7 Å². The highest BCUT2D eigenvalue weighted by atomic mass is 19.1. The number of halogens is 4. The Bertz CT molecular complexity index is 1900. The smallest absolute Gasteiger partial charge is 0.335 e. The summed E-state index contributed by atoms with van der Waals surface area (Å²) < 4.78 is 71.3. The van der Waals surface area contributed by atoms with Crippen molar-refractivity contribution in [2.45, 2.75) is 19.6 Å². The first kappa shape index (κ1) is 29.2. The van der Waals surface area contributed by atoms with Crippen molar-refractivity contribution in [2.75, 3.05) is 13.7 Å². The number of carboxylic acids is 1. The third-order valence-corrected chi connectivity index (χ3v) is 6.58. The van der Waals surface area contributed by atoms with Crippen LogP contribution >= 0.6 is 0 Å². The fourth-order valence-corrected chi connectivity index (χ4v) is 4.40. The van der Waals surface area contributed by atoms with Gasteiger partial charge in [0.15, 0.2) is 5.82 Å². The summed E-state index contributed by atoms with van der Waals surface area (Å²) in [6, 6.07) is 11.7. The minimum atomic E-state index is -1.12. The Morgan fingerprint density at radius 2 is 1.77 bits per heavy atom. The molecule has 0 bridgehead atoms. The molecule has 43 heavy (non-hydrogen) atoms. The number of carbonyl (C=O) groups is 1. The number of benzene rings is 3. The molecule has 0 radical (unpaired) electrons. The predicted octanol–water partition coefficient (Wildman–Crippen LogP) is 5.44. The number of methoxy groups -OCH3 is 1. The van der Waals surface area contributed by atoms with E-state index in [9.17, 15) is 18.7 Å². The van der Waals surface area contributed by atoms with Crippen LogP contribution in [0.5, 0.6) is 5.88 Å². The number of aromatic nitrogens is 4. The number of aromatic carboxylic acids is 1. The number of rotatable bonds is 10. The summed E-state index contributed by atoms with van der Waals surface area (Å²) in [6.45, 7) is 0.0978. The molecule has 5 aromatic rings. The minimum Gasteiger partial charge on any atom is -0.478 e. The second-order valence-corrected chi connectivity index (χ2v) is 9.33. The zero-order valence-corrected chi connectivity index (χ0v) is 22.4. The number of nitrogens with zero attached hydrogens (tertiary/aromatic N) is 5. The zero-order chi connectivity index (χ0) is 30.7. The second-order valence-electron chi connectivity index (χ2n) is 9.33. The quantitative estimate of drug-likeness (QED) is 0.213. The predicted molar refractivity (Wildman–Crippen MR) is 144 cm³/mol. The van der Waals surface area contributed by atoms with Crippen LogP contribution in [0, 0.1) is 34.6 Å². The van der Waals surface area contributed by atoms with E-state index in [2.05, 4.69) is 15.0 Å². The van der Waals surface area contributed by atoms with Crippen LogP contribution in [0.4, 0.5) is 17.6 Å². The van der Waals surface area contributed by atoms with Crippen LogP contribution in [0.25, 0.3) is 22.4 Å². The largest absolute Gasteiger partial charge is 0.478 e. The molecule has 3 aromatic carbocycles. The van der Waals surface area contributed by atoms with Gasteiger partial charge in [0.05, 0.1) is 46.6 Å².